The molecule has 11 nitrogen and oxygen atoms in total. The molecule has 0 saturated heterocycles. The van der Waals surface area contributed by atoms with Crippen molar-refractivity contribution in [2.45, 2.75) is 6.04 Å². The van der Waals surface area contributed by atoms with E-state index in [0.29, 0.717) is 39.1 Å². The minimum atomic E-state index is -1.12. The molecule has 11 heteroatoms. The van der Waals surface area contributed by atoms with Crippen LogP contribution in [0.1, 0.15) is 32.5 Å². The van der Waals surface area contributed by atoms with Gasteiger partial charge in [0.05, 0.1) is 42.4 Å². The third-order valence-electron chi connectivity index (χ3n) is 6.78. The fraction of sp³-hybridized carbons (Fsp3) is 0.103. The van der Waals surface area contributed by atoms with Gasteiger partial charge in [0.1, 0.15) is 5.75 Å². The van der Waals surface area contributed by atoms with Crippen molar-refractivity contribution in [1.82, 2.24) is 9.97 Å². The number of carbonyl (C=O) groups is 3. The Balaban J connectivity index is 1.49. The number of anilines is 1. The van der Waals surface area contributed by atoms with Crippen LogP contribution < -0.4 is 14.4 Å². The van der Waals surface area contributed by atoms with Gasteiger partial charge < -0.3 is 29.1 Å². The predicted octanol–water partition coefficient (Wildman–Crippen LogP) is 4.81. The second kappa shape index (κ2) is 9.31. The zero-order valence-corrected chi connectivity index (χ0v) is 21.2. The standard InChI is InChI=1S/C29H21N3O8/c1-38-17-9-6-14(7-10-17)23-22(24(33)21-13-15-4-3-5-20(39-2)26(15)40-21)25(34)27(35)32(23)29-30-18-11-8-16(28(36)37)12-19(18)31-29/h3-13,23,34H,1-2H3,(H,30,31)(H,36,37). The molecule has 1 atom stereocenters. The van der Waals surface area contributed by atoms with E-state index in [4.69, 9.17) is 13.9 Å². The summed E-state index contributed by atoms with van der Waals surface area (Å²) in [5.74, 6) is -2.55. The second-order valence-corrected chi connectivity index (χ2v) is 9.03. The number of methoxy groups -OCH3 is 2. The van der Waals surface area contributed by atoms with E-state index in [-0.39, 0.29) is 22.8 Å². The van der Waals surface area contributed by atoms with E-state index in [1.807, 2.05) is 0 Å². The number of aromatic nitrogens is 2. The number of carboxylic acid groups (broad SMARTS) is 1. The maximum Gasteiger partial charge on any atom is 0.335 e. The van der Waals surface area contributed by atoms with E-state index >= 15 is 0 Å². The molecule has 1 unspecified atom stereocenters. The number of nitrogens with zero attached hydrogens (tertiary/aromatic N) is 2. The molecule has 3 heterocycles. The molecule has 0 bridgehead atoms. The maximum absolute atomic E-state index is 13.9. The summed E-state index contributed by atoms with van der Waals surface area (Å²) in [7, 11) is 2.99. The number of H-pyrrole nitrogens is 1. The molecule has 6 rings (SSSR count). The van der Waals surface area contributed by atoms with Crippen LogP contribution in [0.3, 0.4) is 0 Å². The van der Waals surface area contributed by atoms with Crippen molar-refractivity contribution in [3.05, 3.63) is 94.9 Å². The van der Waals surface area contributed by atoms with Crippen LogP contribution in [-0.4, -0.2) is 52.1 Å². The van der Waals surface area contributed by atoms with E-state index in [9.17, 15) is 24.6 Å². The number of para-hydroxylation sites is 1. The Hall–Kier alpha value is -5.58. The van der Waals surface area contributed by atoms with Gasteiger partial charge >= 0.3 is 5.97 Å². The van der Waals surface area contributed by atoms with Gasteiger partial charge in [-0.3, -0.25) is 14.5 Å². The van der Waals surface area contributed by atoms with Gasteiger partial charge in [0.15, 0.2) is 22.9 Å². The molecule has 0 fully saturated rings. The number of hydrogen-bond acceptors (Lipinski definition) is 8. The summed E-state index contributed by atoms with van der Waals surface area (Å²) in [6.45, 7) is 0. The quantitative estimate of drug-likeness (QED) is 0.247. The van der Waals surface area contributed by atoms with Gasteiger partial charge in [0.25, 0.3) is 5.91 Å². The zero-order valence-electron chi connectivity index (χ0n) is 21.2. The highest BCUT2D eigenvalue weighted by Crippen LogP contribution is 2.42. The fourth-order valence-corrected chi connectivity index (χ4v) is 4.84. The van der Waals surface area contributed by atoms with Crippen molar-refractivity contribution in [2.24, 2.45) is 0 Å². The number of aliphatic hydroxyl groups excluding tert-OH is 1. The van der Waals surface area contributed by atoms with Crippen molar-refractivity contribution < 1.29 is 38.5 Å². The van der Waals surface area contributed by atoms with Gasteiger partial charge in [-0.15, -0.1) is 0 Å². The lowest BCUT2D eigenvalue weighted by Crippen LogP contribution is -2.32. The topological polar surface area (TPSA) is 155 Å². The van der Waals surface area contributed by atoms with Crippen LogP contribution in [0.15, 0.2) is 82.5 Å². The highest BCUT2D eigenvalue weighted by atomic mass is 16.5. The average Bonchev–Trinajstić information content (AvgIpc) is 3.66. The Morgan fingerprint density at radius 2 is 1.80 bits per heavy atom. The lowest BCUT2D eigenvalue weighted by molar-refractivity contribution is -0.117. The number of fused-ring (bicyclic) bond motifs is 2. The fourth-order valence-electron chi connectivity index (χ4n) is 4.84. The first-order chi connectivity index (χ1) is 19.3. The van der Waals surface area contributed by atoms with Crippen LogP contribution in [0.4, 0.5) is 5.95 Å². The monoisotopic (exact) mass is 539 g/mol. The van der Waals surface area contributed by atoms with Gasteiger partial charge in [-0.25, -0.2) is 9.78 Å². The number of aromatic amines is 1. The largest absolute Gasteiger partial charge is 0.503 e. The highest BCUT2D eigenvalue weighted by molar-refractivity contribution is 6.20. The number of rotatable bonds is 7. The number of hydrogen-bond donors (Lipinski definition) is 3. The summed E-state index contributed by atoms with van der Waals surface area (Å²) < 4.78 is 16.4. The van der Waals surface area contributed by atoms with Crippen molar-refractivity contribution in [3.8, 4) is 11.5 Å². The summed E-state index contributed by atoms with van der Waals surface area (Å²) in [4.78, 5) is 47.4. The Kier molecular flexibility index (Phi) is 5.76. The predicted molar refractivity (Wildman–Crippen MR) is 143 cm³/mol. The van der Waals surface area contributed by atoms with Crippen molar-refractivity contribution in [1.29, 1.82) is 0 Å². The van der Waals surface area contributed by atoms with E-state index in [1.165, 1.54) is 38.5 Å². The minimum absolute atomic E-state index is 0.0176. The molecular formula is C29H21N3O8. The Bertz CT molecular complexity index is 1870. The molecule has 200 valence electrons. The smallest absolute Gasteiger partial charge is 0.335 e. The van der Waals surface area contributed by atoms with Crippen molar-refractivity contribution >= 4 is 45.6 Å². The number of aromatic carboxylic acids is 1. The first kappa shape index (κ1) is 24.7. The lowest BCUT2D eigenvalue weighted by Gasteiger charge is -2.24. The molecule has 0 radical (unpaired) electrons. The molecular weight excluding hydrogens is 518 g/mol. The first-order valence-electron chi connectivity index (χ1n) is 12.1. The summed E-state index contributed by atoms with van der Waals surface area (Å²) in [6, 6.07) is 16.6. The van der Waals surface area contributed by atoms with Crippen LogP contribution >= 0.6 is 0 Å². The number of furan rings is 1. The third kappa shape index (κ3) is 3.83. The zero-order chi connectivity index (χ0) is 28.1. The summed E-state index contributed by atoms with van der Waals surface area (Å²) in [6.07, 6.45) is 0. The molecule has 5 aromatic rings. The van der Waals surface area contributed by atoms with Gasteiger partial charge in [0.2, 0.25) is 11.7 Å². The normalized spacial score (nSPS) is 15.3. The Labute approximate surface area is 225 Å². The molecule has 3 N–H and O–H groups in total. The molecule has 40 heavy (non-hydrogen) atoms. The second-order valence-electron chi connectivity index (χ2n) is 9.03. The summed E-state index contributed by atoms with van der Waals surface area (Å²) >= 11 is 0. The molecule has 0 saturated carbocycles. The molecule has 0 spiro atoms. The Morgan fingerprint density at radius 1 is 1.02 bits per heavy atom. The molecule has 2 aromatic heterocycles. The first-order valence-corrected chi connectivity index (χ1v) is 12.1. The molecule has 1 aliphatic heterocycles. The van der Waals surface area contributed by atoms with Gasteiger partial charge in [0, 0.05) is 5.39 Å². The summed E-state index contributed by atoms with van der Waals surface area (Å²) in [5.41, 5.74) is 1.41. The van der Waals surface area contributed by atoms with E-state index in [0.717, 1.165) is 4.90 Å². The number of carbonyl (C=O) groups excluding carboxylic acids is 2. The minimum Gasteiger partial charge on any atom is -0.503 e. The van der Waals surface area contributed by atoms with Crippen molar-refractivity contribution in [3.63, 3.8) is 0 Å². The number of benzene rings is 3. The average molecular weight is 540 g/mol. The molecule has 1 amide bonds. The van der Waals surface area contributed by atoms with E-state index in [2.05, 4.69) is 9.97 Å². The van der Waals surface area contributed by atoms with Crippen LogP contribution in [0.2, 0.25) is 0 Å². The third-order valence-corrected chi connectivity index (χ3v) is 6.78. The molecule has 0 aliphatic carbocycles. The number of aliphatic hydroxyl groups is 1. The maximum atomic E-state index is 13.9. The summed E-state index contributed by atoms with van der Waals surface area (Å²) in [5, 5.41) is 21.0. The molecule has 1 aliphatic rings. The van der Waals surface area contributed by atoms with Crippen molar-refractivity contribution in [2.75, 3.05) is 19.1 Å². The number of ether oxygens (including phenoxy) is 2. The van der Waals surface area contributed by atoms with Crippen LogP contribution in [0.5, 0.6) is 11.5 Å². The number of imidazole rings is 1. The number of nitrogens with one attached hydrogen (secondary N) is 1. The number of carboxylic acids is 1. The van der Waals surface area contributed by atoms with Crippen LogP contribution in [-0.2, 0) is 4.79 Å². The van der Waals surface area contributed by atoms with E-state index < -0.39 is 29.5 Å². The van der Waals surface area contributed by atoms with Gasteiger partial charge in [-0.2, -0.15) is 0 Å². The number of Topliss-reactive ketones (excluding diaryl/α,β-unsaturated/α-hetero) is 1. The SMILES string of the molecule is COc1ccc(C2C(C(=O)c3cc4cccc(OC)c4o3)=C(O)C(=O)N2c2nc3ccc(C(=O)O)cc3[nH]2)cc1. The number of amides is 1. The lowest BCUT2D eigenvalue weighted by atomic mass is 9.95. The highest BCUT2D eigenvalue weighted by Gasteiger charge is 2.46. The van der Waals surface area contributed by atoms with E-state index in [1.54, 1.807) is 42.5 Å². The van der Waals surface area contributed by atoms with Gasteiger partial charge in [-0.1, -0.05) is 24.3 Å². The molecule has 3 aromatic carbocycles. The number of ketones is 1. The van der Waals surface area contributed by atoms with Crippen LogP contribution in [0, 0.1) is 0 Å². The van der Waals surface area contributed by atoms with Crippen LogP contribution in [0.25, 0.3) is 22.0 Å². The Morgan fingerprint density at radius 3 is 2.50 bits per heavy atom. The van der Waals surface area contributed by atoms with Gasteiger partial charge in [-0.05, 0) is 48.0 Å².